The van der Waals surface area contributed by atoms with E-state index in [1.54, 1.807) is 26.0 Å². The number of hydrogen-bond acceptors (Lipinski definition) is 4. The van der Waals surface area contributed by atoms with Crippen LogP contribution in [0.3, 0.4) is 0 Å². The Morgan fingerprint density at radius 2 is 2.10 bits per heavy atom. The quantitative estimate of drug-likeness (QED) is 0.625. The van der Waals surface area contributed by atoms with E-state index in [1.165, 1.54) is 17.0 Å². The van der Waals surface area contributed by atoms with E-state index in [2.05, 4.69) is 0 Å². The molecule has 5 nitrogen and oxygen atoms in total. The van der Waals surface area contributed by atoms with Crippen LogP contribution in [0.25, 0.3) is 0 Å². The molecule has 0 aromatic heterocycles. The molecule has 1 unspecified atom stereocenters. The fourth-order valence-electron chi connectivity index (χ4n) is 1.73. The maximum Gasteiger partial charge on any atom is 0.332 e. The fraction of sp³-hybridized carbons (Fsp3) is 0.429. The van der Waals surface area contributed by atoms with Crippen LogP contribution in [-0.2, 0) is 20.9 Å². The summed E-state index contributed by atoms with van der Waals surface area (Å²) in [5.41, 5.74) is 6.20. The minimum absolute atomic E-state index is 0.163. The van der Waals surface area contributed by atoms with Gasteiger partial charge in [-0.05, 0) is 31.5 Å². The van der Waals surface area contributed by atoms with Gasteiger partial charge in [0, 0.05) is 13.1 Å². The van der Waals surface area contributed by atoms with Crippen LogP contribution in [0.1, 0.15) is 19.4 Å². The van der Waals surface area contributed by atoms with Crippen molar-refractivity contribution >= 4 is 11.9 Å². The van der Waals surface area contributed by atoms with Gasteiger partial charge < -0.3 is 15.4 Å². The lowest BCUT2D eigenvalue weighted by atomic mass is 10.2. The van der Waals surface area contributed by atoms with Gasteiger partial charge in [0.1, 0.15) is 5.82 Å². The number of rotatable bonds is 6. The molecule has 0 spiro atoms. The Bertz CT molecular complexity index is 479. The smallest absolute Gasteiger partial charge is 0.332 e. The Hall–Kier alpha value is -1.95. The molecule has 1 amide bonds. The summed E-state index contributed by atoms with van der Waals surface area (Å²) in [4.78, 5) is 24.9. The Kier molecular flexibility index (Phi) is 6.11. The number of hydrogen-bond donors (Lipinski definition) is 1. The number of ether oxygens (including phenoxy) is 1. The van der Waals surface area contributed by atoms with E-state index in [0.717, 1.165) is 0 Å². The van der Waals surface area contributed by atoms with Crippen LogP contribution in [0.4, 0.5) is 4.39 Å². The highest BCUT2D eigenvalue weighted by molar-refractivity contribution is 6.01. The number of likely N-dealkylation sites (N-methyl/N-ethyl adjacent to an activating group) is 1. The second-order valence-corrected chi connectivity index (χ2v) is 4.21. The number of halogens is 1. The number of esters is 1. The van der Waals surface area contributed by atoms with Crippen molar-refractivity contribution in [2.45, 2.75) is 26.4 Å². The minimum atomic E-state index is -1.34. The number of nitrogens with two attached hydrogens (primary N) is 1. The lowest BCUT2D eigenvalue weighted by Gasteiger charge is -2.23. The van der Waals surface area contributed by atoms with Crippen LogP contribution in [0.15, 0.2) is 24.3 Å². The molecule has 1 aromatic carbocycles. The third-order valence-electron chi connectivity index (χ3n) is 2.76. The molecule has 0 fully saturated rings. The van der Waals surface area contributed by atoms with Crippen LogP contribution in [0.5, 0.6) is 0 Å². The normalized spacial score (nSPS) is 11.8. The van der Waals surface area contributed by atoms with Gasteiger partial charge in [-0.2, -0.15) is 0 Å². The third-order valence-corrected chi connectivity index (χ3v) is 2.76. The molecule has 1 rings (SSSR count). The minimum Gasteiger partial charge on any atom is -0.464 e. The summed E-state index contributed by atoms with van der Waals surface area (Å²) in [6.07, 6.45) is 0. The SMILES string of the molecule is CCOC(=O)C(N)C(=O)N(CC)Cc1cccc(F)c1. The first-order valence-electron chi connectivity index (χ1n) is 6.45. The van der Waals surface area contributed by atoms with E-state index >= 15 is 0 Å². The molecule has 2 N–H and O–H groups in total. The van der Waals surface area contributed by atoms with E-state index in [-0.39, 0.29) is 19.0 Å². The zero-order chi connectivity index (χ0) is 15.1. The summed E-state index contributed by atoms with van der Waals surface area (Å²) in [5.74, 6) is -1.66. The predicted molar refractivity (Wildman–Crippen MR) is 72.1 cm³/mol. The van der Waals surface area contributed by atoms with Gasteiger partial charge in [0.15, 0.2) is 6.04 Å². The number of amides is 1. The highest BCUT2D eigenvalue weighted by Crippen LogP contribution is 2.08. The molecule has 20 heavy (non-hydrogen) atoms. The Labute approximate surface area is 117 Å². The highest BCUT2D eigenvalue weighted by Gasteiger charge is 2.27. The number of carbonyl (C=O) groups is 2. The average molecular weight is 282 g/mol. The summed E-state index contributed by atoms with van der Waals surface area (Å²) < 4.78 is 17.8. The first kappa shape index (κ1) is 16.1. The summed E-state index contributed by atoms with van der Waals surface area (Å²) in [6.45, 7) is 4.12. The van der Waals surface area contributed by atoms with E-state index < -0.39 is 17.9 Å². The maximum atomic E-state index is 13.1. The zero-order valence-corrected chi connectivity index (χ0v) is 11.6. The molecule has 0 heterocycles. The van der Waals surface area contributed by atoms with Gasteiger partial charge in [-0.3, -0.25) is 4.79 Å². The Morgan fingerprint density at radius 3 is 2.65 bits per heavy atom. The second kappa shape index (κ2) is 7.59. The van der Waals surface area contributed by atoms with Crippen molar-refractivity contribution in [1.29, 1.82) is 0 Å². The van der Waals surface area contributed by atoms with E-state index in [1.807, 2.05) is 0 Å². The molecule has 0 aliphatic carbocycles. The summed E-state index contributed by atoms with van der Waals surface area (Å²) in [5, 5.41) is 0. The van der Waals surface area contributed by atoms with Gasteiger partial charge in [-0.1, -0.05) is 12.1 Å². The molecule has 1 aromatic rings. The topological polar surface area (TPSA) is 72.6 Å². The molecule has 0 aliphatic rings. The van der Waals surface area contributed by atoms with Crippen molar-refractivity contribution < 1.29 is 18.7 Å². The molecule has 1 atom stereocenters. The molecule has 0 aliphatic heterocycles. The fourth-order valence-corrected chi connectivity index (χ4v) is 1.73. The Balaban J connectivity index is 2.75. The average Bonchev–Trinajstić information content (AvgIpc) is 2.43. The van der Waals surface area contributed by atoms with Gasteiger partial charge in [-0.25, -0.2) is 9.18 Å². The van der Waals surface area contributed by atoms with Crippen LogP contribution < -0.4 is 5.73 Å². The number of carbonyl (C=O) groups excluding carboxylic acids is 2. The molecule has 0 saturated heterocycles. The van der Waals surface area contributed by atoms with Crippen molar-refractivity contribution in [3.8, 4) is 0 Å². The van der Waals surface area contributed by atoms with Crippen molar-refractivity contribution in [1.82, 2.24) is 4.90 Å². The summed E-state index contributed by atoms with van der Waals surface area (Å²) in [7, 11) is 0. The van der Waals surface area contributed by atoms with Crippen molar-refractivity contribution in [2.24, 2.45) is 5.73 Å². The summed E-state index contributed by atoms with van der Waals surface area (Å²) in [6, 6.07) is 4.59. The van der Waals surface area contributed by atoms with E-state index in [9.17, 15) is 14.0 Å². The van der Waals surface area contributed by atoms with Crippen molar-refractivity contribution in [3.05, 3.63) is 35.6 Å². The predicted octanol–water partition coefficient (Wildman–Crippen LogP) is 1.06. The van der Waals surface area contributed by atoms with Crippen molar-refractivity contribution in [2.75, 3.05) is 13.2 Å². The zero-order valence-electron chi connectivity index (χ0n) is 11.6. The van der Waals surface area contributed by atoms with E-state index in [4.69, 9.17) is 10.5 Å². The highest BCUT2D eigenvalue weighted by atomic mass is 19.1. The van der Waals surface area contributed by atoms with Gasteiger partial charge >= 0.3 is 5.97 Å². The van der Waals surface area contributed by atoms with Crippen LogP contribution >= 0.6 is 0 Å². The molecule has 0 saturated carbocycles. The summed E-state index contributed by atoms with van der Waals surface area (Å²) >= 11 is 0. The van der Waals surface area contributed by atoms with Crippen molar-refractivity contribution in [3.63, 3.8) is 0 Å². The van der Waals surface area contributed by atoms with Gasteiger partial charge in [0.25, 0.3) is 5.91 Å². The van der Waals surface area contributed by atoms with Gasteiger partial charge in [-0.15, -0.1) is 0 Å². The molecule has 0 radical (unpaired) electrons. The molecular weight excluding hydrogens is 263 g/mol. The van der Waals surface area contributed by atoms with E-state index in [0.29, 0.717) is 12.1 Å². The Morgan fingerprint density at radius 1 is 1.40 bits per heavy atom. The standard InChI is InChI=1S/C14H19FN2O3/c1-3-17(9-10-6-5-7-11(15)8-10)13(18)12(16)14(19)20-4-2/h5-8,12H,3-4,9,16H2,1-2H3. The molecular formula is C14H19FN2O3. The third kappa shape index (κ3) is 4.31. The van der Waals surface area contributed by atoms with Crippen LogP contribution in [-0.4, -0.2) is 36.0 Å². The molecule has 6 heteroatoms. The lowest BCUT2D eigenvalue weighted by molar-refractivity contribution is -0.151. The number of nitrogens with zero attached hydrogens (tertiary/aromatic N) is 1. The van der Waals surface area contributed by atoms with Crippen LogP contribution in [0, 0.1) is 5.82 Å². The molecule has 0 bridgehead atoms. The monoisotopic (exact) mass is 282 g/mol. The first-order valence-corrected chi connectivity index (χ1v) is 6.45. The molecule has 110 valence electrons. The van der Waals surface area contributed by atoms with Gasteiger partial charge in [0.2, 0.25) is 0 Å². The first-order chi connectivity index (χ1) is 9.49. The maximum absolute atomic E-state index is 13.1. The second-order valence-electron chi connectivity index (χ2n) is 4.21. The van der Waals surface area contributed by atoms with Gasteiger partial charge in [0.05, 0.1) is 6.61 Å². The van der Waals surface area contributed by atoms with Crippen LogP contribution in [0.2, 0.25) is 0 Å². The lowest BCUT2D eigenvalue weighted by Crippen LogP contribution is -2.48. The number of benzene rings is 1. The largest absolute Gasteiger partial charge is 0.464 e.